The van der Waals surface area contributed by atoms with Gasteiger partial charge in [-0.2, -0.15) is 0 Å². The van der Waals surface area contributed by atoms with Crippen LogP contribution < -0.4 is 4.90 Å². The van der Waals surface area contributed by atoms with Crippen LogP contribution in [0, 0.1) is 0 Å². The van der Waals surface area contributed by atoms with Gasteiger partial charge in [0.05, 0.1) is 5.69 Å². The van der Waals surface area contributed by atoms with Gasteiger partial charge in [-0.3, -0.25) is 0 Å². The molecule has 9 aromatic rings. The summed E-state index contributed by atoms with van der Waals surface area (Å²) >= 11 is 1.85. The summed E-state index contributed by atoms with van der Waals surface area (Å²) in [6.45, 7) is 0. The Labute approximate surface area is 275 Å². The molecule has 0 atom stereocenters. The first-order valence-electron chi connectivity index (χ1n) is 15.8. The third-order valence-electron chi connectivity index (χ3n) is 9.26. The van der Waals surface area contributed by atoms with E-state index in [4.69, 9.17) is 9.40 Å². The standard InChI is InChI=1S/C43H26N2OS/c1-3-10-27(11-4-1)28-18-20-30(21-19-28)45(31-22-23-33-32-14-7-8-17-38(32)47-39(33)26-31)37-25-24-35-40-34(37)15-9-16-36(40)42-41(35)44-43(46-42)29-12-5-2-6-13-29/h1-26H. The predicted octanol–water partition coefficient (Wildman–Crippen LogP) is 12.6. The number of nitrogens with zero attached hydrogens (tertiary/aromatic N) is 2. The van der Waals surface area contributed by atoms with Crippen LogP contribution in [0.2, 0.25) is 0 Å². The molecular weight excluding hydrogens is 593 g/mol. The van der Waals surface area contributed by atoms with Crippen molar-refractivity contribution < 1.29 is 4.42 Å². The Bertz CT molecular complexity index is 2590. The number of oxazole rings is 1. The molecule has 220 valence electrons. The highest BCUT2D eigenvalue weighted by Gasteiger charge is 2.30. The fourth-order valence-corrected chi connectivity index (χ4v) is 8.22. The maximum Gasteiger partial charge on any atom is 0.227 e. The van der Waals surface area contributed by atoms with Crippen LogP contribution in [0.5, 0.6) is 0 Å². The van der Waals surface area contributed by atoms with Gasteiger partial charge in [0.1, 0.15) is 5.69 Å². The van der Waals surface area contributed by atoms with Crippen molar-refractivity contribution in [2.75, 3.05) is 4.90 Å². The normalized spacial score (nSPS) is 11.8. The lowest BCUT2D eigenvalue weighted by Gasteiger charge is -2.27. The second-order valence-electron chi connectivity index (χ2n) is 12.0. The molecule has 0 spiro atoms. The van der Waals surface area contributed by atoms with E-state index in [1.54, 1.807) is 0 Å². The number of aromatic nitrogens is 1. The molecule has 1 aliphatic carbocycles. The molecule has 0 bridgehead atoms. The van der Waals surface area contributed by atoms with Gasteiger partial charge in [-0.15, -0.1) is 11.3 Å². The summed E-state index contributed by atoms with van der Waals surface area (Å²) in [5.41, 5.74) is 9.83. The average Bonchev–Trinajstić information content (AvgIpc) is 3.82. The van der Waals surface area contributed by atoms with Crippen LogP contribution in [0.3, 0.4) is 0 Å². The van der Waals surface area contributed by atoms with Crippen molar-refractivity contribution in [3.05, 3.63) is 158 Å². The van der Waals surface area contributed by atoms with Crippen molar-refractivity contribution in [2.24, 2.45) is 0 Å². The van der Waals surface area contributed by atoms with E-state index in [1.165, 1.54) is 36.7 Å². The van der Waals surface area contributed by atoms with E-state index in [0.717, 1.165) is 50.6 Å². The van der Waals surface area contributed by atoms with Gasteiger partial charge in [0, 0.05) is 59.0 Å². The van der Waals surface area contributed by atoms with E-state index in [1.807, 2.05) is 41.7 Å². The highest BCUT2D eigenvalue weighted by Crippen LogP contribution is 2.52. The van der Waals surface area contributed by atoms with Crippen LogP contribution in [0.25, 0.3) is 76.1 Å². The van der Waals surface area contributed by atoms with Crippen molar-refractivity contribution in [2.45, 2.75) is 0 Å². The summed E-state index contributed by atoms with van der Waals surface area (Å²) < 4.78 is 9.04. The van der Waals surface area contributed by atoms with Crippen LogP contribution >= 0.6 is 11.3 Å². The minimum atomic E-state index is 0.652. The molecule has 0 fully saturated rings. The molecule has 10 rings (SSSR count). The second kappa shape index (κ2) is 10.3. The molecule has 4 heteroatoms. The summed E-state index contributed by atoms with van der Waals surface area (Å²) in [6.07, 6.45) is 0. The van der Waals surface area contributed by atoms with E-state index in [2.05, 4.69) is 132 Å². The number of thiophene rings is 1. The van der Waals surface area contributed by atoms with Gasteiger partial charge in [-0.05, 0) is 65.7 Å². The Morgan fingerprint density at radius 1 is 0.489 bits per heavy atom. The maximum absolute atomic E-state index is 6.46. The smallest absolute Gasteiger partial charge is 0.227 e. The number of anilines is 3. The molecule has 0 amide bonds. The number of rotatable bonds is 5. The minimum Gasteiger partial charge on any atom is -0.435 e. The third kappa shape index (κ3) is 4.09. The molecule has 3 nitrogen and oxygen atoms in total. The second-order valence-corrected chi connectivity index (χ2v) is 13.0. The van der Waals surface area contributed by atoms with E-state index < -0.39 is 0 Å². The molecule has 0 saturated heterocycles. The summed E-state index contributed by atoms with van der Waals surface area (Å²) in [7, 11) is 0. The van der Waals surface area contributed by atoms with Crippen molar-refractivity contribution in [1.29, 1.82) is 0 Å². The molecule has 7 aromatic carbocycles. The van der Waals surface area contributed by atoms with Crippen LogP contribution in [0.15, 0.2) is 162 Å². The lowest BCUT2D eigenvalue weighted by atomic mass is 10.00. The Kier molecular flexibility index (Phi) is 5.74. The van der Waals surface area contributed by atoms with E-state index in [9.17, 15) is 0 Å². The number of hydrogen-bond acceptors (Lipinski definition) is 4. The molecule has 1 aliphatic rings. The monoisotopic (exact) mass is 618 g/mol. The van der Waals surface area contributed by atoms with Gasteiger partial charge in [-0.1, -0.05) is 103 Å². The highest BCUT2D eigenvalue weighted by molar-refractivity contribution is 7.25. The quantitative estimate of drug-likeness (QED) is 0.192. The first kappa shape index (κ1) is 26.3. The van der Waals surface area contributed by atoms with Crippen molar-refractivity contribution in [1.82, 2.24) is 4.98 Å². The summed E-state index contributed by atoms with van der Waals surface area (Å²) in [4.78, 5) is 7.40. The van der Waals surface area contributed by atoms with Crippen molar-refractivity contribution in [3.8, 4) is 45.2 Å². The van der Waals surface area contributed by atoms with E-state index in [-0.39, 0.29) is 0 Å². The Morgan fingerprint density at radius 2 is 1.17 bits per heavy atom. The van der Waals surface area contributed by atoms with E-state index in [0.29, 0.717) is 5.89 Å². The first-order chi connectivity index (χ1) is 23.3. The van der Waals surface area contributed by atoms with Gasteiger partial charge in [0.15, 0.2) is 5.76 Å². The molecular formula is C43H26N2OS. The lowest BCUT2D eigenvalue weighted by Crippen LogP contribution is -2.10. The molecule has 0 saturated carbocycles. The average molecular weight is 619 g/mol. The zero-order valence-electron chi connectivity index (χ0n) is 25.2. The molecule has 0 N–H and O–H groups in total. The topological polar surface area (TPSA) is 29.3 Å². The van der Waals surface area contributed by atoms with Crippen molar-refractivity contribution in [3.63, 3.8) is 0 Å². The first-order valence-corrected chi connectivity index (χ1v) is 16.6. The maximum atomic E-state index is 6.46. The number of hydrogen-bond donors (Lipinski definition) is 0. The van der Waals surface area contributed by atoms with Crippen LogP contribution in [-0.2, 0) is 0 Å². The zero-order chi connectivity index (χ0) is 30.9. The van der Waals surface area contributed by atoms with Gasteiger partial charge >= 0.3 is 0 Å². The Hall–Kier alpha value is -5.97. The molecule has 2 aromatic heterocycles. The molecule has 0 aliphatic heterocycles. The zero-order valence-corrected chi connectivity index (χ0v) is 26.0. The molecule has 47 heavy (non-hydrogen) atoms. The summed E-state index contributed by atoms with van der Waals surface area (Å²) in [5.74, 6) is 1.49. The van der Waals surface area contributed by atoms with Gasteiger partial charge in [-0.25, -0.2) is 4.98 Å². The van der Waals surface area contributed by atoms with Crippen LogP contribution in [0.4, 0.5) is 17.1 Å². The number of fused-ring (bicyclic) bond motifs is 6. The van der Waals surface area contributed by atoms with Gasteiger partial charge in [0.25, 0.3) is 0 Å². The lowest BCUT2D eigenvalue weighted by molar-refractivity contribution is 0.590. The van der Waals surface area contributed by atoms with Crippen LogP contribution in [0.1, 0.15) is 0 Å². The number of benzene rings is 7. The molecule has 2 heterocycles. The summed E-state index contributed by atoms with van der Waals surface area (Å²) in [5, 5.41) is 4.94. The third-order valence-corrected chi connectivity index (χ3v) is 10.4. The Balaban J connectivity index is 1.16. The molecule has 0 unspecified atom stereocenters. The minimum absolute atomic E-state index is 0.652. The van der Waals surface area contributed by atoms with Crippen molar-refractivity contribution >= 4 is 59.3 Å². The highest BCUT2D eigenvalue weighted by atomic mass is 32.1. The molecule has 0 radical (unpaired) electrons. The van der Waals surface area contributed by atoms with E-state index >= 15 is 0 Å². The Morgan fingerprint density at radius 3 is 2.00 bits per heavy atom. The fourth-order valence-electron chi connectivity index (χ4n) is 7.08. The predicted molar refractivity (Wildman–Crippen MR) is 197 cm³/mol. The van der Waals surface area contributed by atoms with Crippen LogP contribution in [-0.4, -0.2) is 4.98 Å². The van der Waals surface area contributed by atoms with Gasteiger partial charge < -0.3 is 9.32 Å². The summed E-state index contributed by atoms with van der Waals surface area (Å²) in [6, 6.07) is 56.1. The largest absolute Gasteiger partial charge is 0.435 e. The fraction of sp³-hybridized carbons (Fsp3) is 0. The SMILES string of the molecule is c1ccc(-c2ccc(N(c3ccc4c(c3)sc3ccccc34)c3ccc4c5c(cccc35)-c3oc(-c5ccccc5)nc3-4)cc2)cc1. The van der Waals surface area contributed by atoms with Gasteiger partial charge in [0.2, 0.25) is 5.89 Å².